The summed E-state index contributed by atoms with van der Waals surface area (Å²) < 4.78 is 0. The summed E-state index contributed by atoms with van der Waals surface area (Å²) in [4.78, 5) is 0. The predicted octanol–water partition coefficient (Wildman–Crippen LogP) is 3.70. The van der Waals surface area contributed by atoms with E-state index in [2.05, 4.69) is 10.2 Å². The number of aryl methyl sites for hydroxylation is 1. The van der Waals surface area contributed by atoms with Gasteiger partial charge in [-0.3, -0.25) is 0 Å². The van der Waals surface area contributed by atoms with Crippen LogP contribution in [0.25, 0.3) is 0 Å². The molecule has 0 saturated carbocycles. The van der Waals surface area contributed by atoms with Gasteiger partial charge >= 0.3 is 0 Å². The molecule has 2 aromatic rings. The van der Waals surface area contributed by atoms with E-state index in [0.717, 1.165) is 16.9 Å². The van der Waals surface area contributed by atoms with Gasteiger partial charge in [0.1, 0.15) is 5.75 Å². The number of hydrogen-bond acceptors (Lipinski definition) is 4. The maximum Gasteiger partial charge on any atom is 0.115 e. The number of anilines is 1. The molecule has 0 fully saturated rings. The first-order valence-electron chi connectivity index (χ1n) is 5.22. The standard InChI is InChI=1S/C13H13N3O/c1-9-8-12(17)6-7-13(9)16-15-11-4-2-10(14)3-5-11/h2-8,17H,14H2,1H3/b16-15+. The number of phenols is 1. The molecule has 0 aliphatic heterocycles. The van der Waals surface area contributed by atoms with Gasteiger partial charge in [0, 0.05) is 5.69 Å². The topological polar surface area (TPSA) is 71.0 Å². The van der Waals surface area contributed by atoms with Crippen molar-refractivity contribution in [1.82, 2.24) is 0 Å². The van der Waals surface area contributed by atoms with Crippen LogP contribution in [0.15, 0.2) is 52.7 Å². The van der Waals surface area contributed by atoms with E-state index in [1.54, 1.807) is 42.5 Å². The first-order valence-corrected chi connectivity index (χ1v) is 5.22. The minimum absolute atomic E-state index is 0.230. The van der Waals surface area contributed by atoms with Crippen LogP contribution in [0.4, 0.5) is 17.1 Å². The molecule has 2 aromatic carbocycles. The van der Waals surface area contributed by atoms with Gasteiger partial charge in [0.15, 0.2) is 0 Å². The molecule has 0 aromatic heterocycles. The summed E-state index contributed by atoms with van der Waals surface area (Å²) in [5.41, 5.74) is 8.63. The lowest BCUT2D eigenvalue weighted by atomic mass is 10.2. The van der Waals surface area contributed by atoms with Crippen LogP contribution in [0, 0.1) is 6.92 Å². The quantitative estimate of drug-likeness (QED) is 0.606. The zero-order valence-electron chi connectivity index (χ0n) is 9.46. The Balaban J connectivity index is 2.23. The third-order valence-electron chi connectivity index (χ3n) is 2.35. The summed E-state index contributed by atoms with van der Waals surface area (Å²) in [5, 5.41) is 17.5. The normalized spacial score (nSPS) is 10.9. The molecule has 0 unspecified atom stereocenters. The van der Waals surface area contributed by atoms with Gasteiger partial charge in [0.05, 0.1) is 11.4 Å². The molecule has 0 atom stereocenters. The molecule has 2 rings (SSSR count). The lowest BCUT2D eigenvalue weighted by Gasteiger charge is -1.99. The molecule has 0 bridgehead atoms. The summed E-state index contributed by atoms with van der Waals surface area (Å²) in [6.45, 7) is 1.87. The fourth-order valence-corrected chi connectivity index (χ4v) is 1.40. The number of benzene rings is 2. The zero-order chi connectivity index (χ0) is 12.3. The molecule has 0 radical (unpaired) electrons. The van der Waals surface area contributed by atoms with Crippen LogP contribution in [0.5, 0.6) is 5.75 Å². The van der Waals surface area contributed by atoms with E-state index >= 15 is 0 Å². The number of nitrogen functional groups attached to an aromatic ring is 1. The van der Waals surface area contributed by atoms with Crippen LogP contribution >= 0.6 is 0 Å². The SMILES string of the molecule is Cc1cc(O)ccc1/N=N/c1ccc(N)cc1. The van der Waals surface area contributed by atoms with Crippen molar-refractivity contribution in [1.29, 1.82) is 0 Å². The second-order valence-corrected chi connectivity index (χ2v) is 3.76. The monoisotopic (exact) mass is 227 g/mol. The minimum Gasteiger partial charge on any atom is -0.508 e. The predicted molar refractivity (Wildman–Crippen MR) is 67.9 cm³/mol. The zero-order valence-corrected chi connectivity index (χ0v) is 9.46. The Bertz CT molecular complexity index is 547. The summed E-state index contributed by atoms with van der Waals surface area (Å²) in [6.07, 6.45) is 0. The maximum absolute atomic E-state index is 9.27. The number of aromatic hydroxyl groups is 1. The van der Waals surface area contributed by atoms with Gasteiger partial charge in [0.25, 0.3) is 0 Å². The molecular weight excluding hydrogens is 214 g/mol. The van der Waals surface area contributed by atoms with E-state index in [9.17, 15) is 5.11 Å². The van der Waals surface area contributed by atoms with E-state index < -0.39 is 0 Å². The summed E-state index contributed by atoms with van der Waals surface area (Å²) in [6, 6.07) is 12.1. The Morgan fingerprint density at radius 1 is 1.00 bits per heavy atom. The van der Waals surface area contributed by atoms with Gasteiger partial charge in [-0.2, -0.15) is 10.2 Å². The van der Waals surface area contributed by atoms with Crippen molar-refractivity contribution in [3.05, 3.63) is 48.0 Å². The third-order valence-corrected chi connectivity index (χ3v) is 2.35. The van der Waals surface area contributed by atoms with Crippen molar-refractivity contribution in [3.63, 3.8) is 0 Å². The average Bonchev–Trinajstić information content (AvgIpc) is 2.30. The summed E-state index contributed by atoms with van der Waals surface area (Å²) in [7, 11) is 0. The second-order valence-electron chi connectivity index (χ2n) is 3.76. The first kappa shape index (κ1) is 11.1. The summed E-state index contributed by atoms with van der Waals surface area (Å²) in [5.74, 6) is 0.230. The molecule has 0 saturated heterocycles. The fraction of sp³-hybridized carbons (Fsp3) is 0.0769. The van der Waals surface area contributed by atoms with E-state index in [-0.39, 0.29) is 5.75 Å². The van der Waals surface area contributed by atoms with Crippen LogP contribution in [-0.4, -0.2) is 5.11 Å². The van der Waals surface area contributed by atoms with Crippen molar-refractivity contribution in [3.8, 4) is 5.75 Å². The molecule has 0 amide bonds. The Kier molecular flexibility index (Phi) is 3.05. The highest BCUT2D eigenvalue weighted by Gasteiger charge is 1.97. The molecule has 17 heavy (non-hydrogen) atoms. The minimum atomic E-state index is 0.230. The largest absolute Gasteiger partial charge is 0.508 e. The van der Waals surface area contributed by atoms with Gasteiger partial charge in [-0.05, 0) is 55.0 Å². The molecule has 0 aliphatic carbocycles. The first-order chi connectivity index (χ1) is 8.15. The number of rotatable bonds is 2. The van der Waals surface area contributed by atoms with Crippen LogP contribution < -0.4 is 5.73 Å². The molecule has 86 valence electrons. The van der Waals surface area contributed by atoms with E-state index in [1.807, 2.05) is 6.92 Å². The molecule has 3 N–H and O–H groups in total. The average molecular weight is 227 g/mol. The summed E-state index contributed by atoms with van der Waals surface area (Å²) >= 11 is 0. The molecule has 4 nitrogen and oxygen atoms in total. The van der Waals surface area contributed by atoms with Crippen LogP contribution in [0.2, 0.25) is 0 Å². The number of phenolic OH excluding ortho intramolecular Hbond substituents is 1. The van der Waals surface area contributed by atoms with Crippen molar-refractivity contribution in [2.75, 3.05) is 5.73 Å². The molecule has 0 aliphatic rings. The number of nitrogens with two attached hydrogens (primary N) is 1. The van der Waals surface area contributed by atoms with Gasteiger partial charge < -0.3 is 10.8 Å². The van der Waals surface area contributed by atoms with Crippen LogP contribution in [-0.2, 0) is 0 Å². The van der Waals surface area contributed by atoms with Crippen LogP contribution in [0.1, 0.15) is 5.56 Å². The highest BCUT2D eigenvalue weighted by Crippen LogP contribution is 2.25. The van der Waals surface area contributed by atoms with E-state index in [0.29, 0.717) is 5.69 Å². The van der Waals surface area contributed by atoms with Gasteiger partial charge in [-0.25, -0.2) is 0 Å². The molecular formula is C13H13N3O. The lowest BCUT2D eigenvalue weighted by molar-refractivity contribution is 0.475. The molecule has 0 heterocycles. The maximum atomic E-state index is 9.27. The van der Waals surface area contributed by atoms with Crippen LogP contribution in [0.3, 0.4) is 0 Å². The Hall–Kier alpha value is -2.36. The van der Waals surface area contributed by atoms with Gasteiger partial charge in [-0.1, -0.05) is 0 Å². The number of hydrogen-bond donors (Lipinski definition) is 2. The van der Waals surface area contributed by atoms with Crippen molar-refractivity contribution >= 4 is 17.1 Å². The van der Waals surface area contributed by atoms with Crippen molar-refractivity contribution < 1.29 is 5.11 Å². The lowest BCUT2D eigenvalue weighted by Crippen LogP contribution is -1.80. The Labute approximate surface area is 99.4 Å². The van der Waals surface area contributed by atoms with Crippen molar-refractivity contribution in [2.45, 2.75) is 6.92 Å². The Morgan fingerprint density at radius 3 is 2.35 bits per heavy atom. The fourth-order valence-electron chi connectivity index (χ4n) is 1.40. The van der Waals surface area contributed by atoms with E-state index in [4.69, 9.17) is 5.73 Å². The Morgan fingerprint density at radius 2 is 1.71 bits per heavy atom. The van der Waals surface area contributed by atoms with Gasteiger partial charge in [0.2, 0.25) is 0 Å². The highest BCUT2D eigenvalue weighted by molar-refractivity contribution is 5.50. The highest BCUT2D eigenvalue weighted by atomic mass is 16.3. The smallest absolute Gasteiger partial charge is 0.115 e. The van der Waals surface area contributed by atoms with Gasteiger partial charge in [-0.15, -0.1) is 0 Å². The second kappa shape index (κ2) is 4.65. The number of azo groups is 1. The third kappa shape index (κ3) is 2.81. The molecule has 4 heteroatoms. The number of nitrogens with zero attached hydrogens (tertiary/aromatic N) is 2. The molecule has 0 spiro atoms. The van der Waals surface area contributed by atoms with E-state index in [1.165, 1.54) is 0 Å². The van der Waals surface area contributed by atoms with Crippen molar-refractivity contribution in [2.24, 2.45) is 10.2 Å².